The van der Waals surface area contributed by atoms with Gasteiger partial charge >= 0.3 is 12.1 Å². The topological polar surface area (TPSA) is 169 Å². The van der Waals surface area contributed by atoms with Crippen molar-refractivity contribution in [2.75, 3.05) is 17.7 Å². The zero-order chi connectivity index (χ0) is 26.1. The average Bonchev–Trinajstić information content (AvgIpc) is 2.82. The van der Waals surface area contributed by atoms with Crippen molar-refractivity contribution in [2.24, 2.45) is 11.7 Å². The molecule has 35 heavy (non-hydrogen) atoms. The van der Waals surface area contributed by atoms with Gasteiger partial charge in [0.25, 0.3) is 0 Å². The fourth-order valence-corrected chi connectivity index (χ4v) is 2.84. The van der Waals surface area contributed by atoms with E-state index < -0.39 is 36.0 Å². The summed E-state index contributed by atoms with van der Waals surface area (Å²) in [6.07, 6.45) is -0.757. The Morgan fingerprint density at radius 3 is 2.20 bits per heavy atom. The van der Waals surface area contributed by atoms with Gasteiger partial charge in [-0.2, -0.15) is 0 Å². The number of carboxylic acids is 1. The Labute approximate surface area is 203 Å². The molecule has 0 saturated heterocycles. The minimum Gasteiger partial charge on any atom is -0.495 e. The zero-order valence-electron chi connectivity index (χ0n) is 20.0. The Kier molecular flexibility index (Phi) is 9.59. The molecule has 0 aromatic heterocycles. The van der Waals surface area contributed by atoms with Gasteiger partial charge in [0.05, 0.1) is 24.4 Å². The summed E-state index contributed by atoms with van der Waals surface area (Å²) < 4.78 is 10.3. The Bertz CT molecular complexity index is 1070. The van der Waals surface area contributed by atoms with Crippen LogP contribution < -0.4 is 26.4 Å². The van der Waals surface area contributed by atoms with Crippen LogP contribution in [0.2, 0.25) is 0 Å². The van der Waals surface area contributed by atoms with Crippen molar-refractivity contribution in [1.82, 2.24) is 5.32 Å². The number of nitrogens with one attached hydrogen (secondary N) is 3. The van der Waals surface area contributed by atoms with Crippen LogP contribution in [0.5, 0.6) is 5.75 Å². The second-order valence-corrected chi connectivity index (χ2v) is 8.11. The lowest BCUT2D eigenvalue weighted by atomic mass is 10.0. The van der Waals surface area contributed by atoms with Crippen molar-refractivity contribution in [3.8, 4) is 5.75 Å². The summed E-state index contributed by atoms with van der Waals surface area (Å²) in [7, 11) is 1.35. The molecule has 188 valence electrons. The number of hydrogen-bond acceptors (Lipinski definition) is 7. The van der Waals surface area contributed by atoms with Crippen LogP contribution in [-0.4, -0.2) is 48.2 Å². The van der Waals surface area contributed by atoms with Crippen LogP contribution in [0.3, 0.4) is 0 Å². The lowest BCUT2D eigenvalue weighted by Crippen LogP contribution is -2.50. The van der Waals surface area contributed by atoms with Crippen molar-refractivity contribution in [1.29, 1.82) is 0 Å². The minimum absolute atomic E-state index is 0.0175. The molecule has 0 radical (unpaired) electrons. The maximum Gasteiger partial charge on any atom is 0.412 e. The molecule has 11 nitrogen and oxygen atoms in total. The summed E-state index contributed by atoms with van der Waals surface area (Å²) in [5.41, 5.74) is 7.23. The van der Waals surface area contributed by atoms with Crippen LogP contribution in [0.1, 0.15) is 36.7 Å². The Morgan fingerprint density at radius 2 is 1.63 bits per heavy atom. The summed E-state index contributed by atoms with van der Waals surface area (Å²) >= 11 is 0. The molecule has 0 aliphatic carbocycles. The first kappa shape index (κ1) is 27.1. The van der Waals surface area contributed by atoms with Crippen LogP contribution in [-0.2, 0) is 20.9 Å². The molecule has 0 saturated carbocycles. The number of aromatic carboxylic acids is 1. The molecule has 0 aliphatic heterocycles. The molecule has 2 aromatic rings. The lowest BCUT2D eigenvalue weighted by molar-refractivity contribution is -0.127. The summed E-state index contributed by atoms with van der Waals surface area (Å²) in [4.78, 5) is 47.5. The molecular formula is C24H30N4O7. The van der Waals surface area contributed by atoms with E-state index in [1.807, 2.05) is 13.8 Å². The number of anilines is 2. The van der Waals surface area contributed by atoms with E-state index in [2.05, 4.69) is 16.0 Å². The van der Waals surface area contributed by atoms with Crippen molar-refractivity contribution < 1.29 is 33.8 Å². The van der Waals surface area contributed by atoms with Crippen molar-refractivity contribution in [2.45, 2.75) is 39.5 Å². The number of ether oxygens (including phenoxy) is 2. The summed E-state index contributed by atoms with van der Waals surface area (Å²) in [6, 6.07) is 9.15. The Balaban J connectivity index is 1.87. The number of rotatable bonds is 10. The van der Waals surface area contributed by atoms with Crippen LogP contribution in [0.15, 0.2) is 42.5 Å². The summed E-state index contributed by atoms with van der Waals surface area (Å²) in [5.74, 6) is -1.80. The smallest absolute Gasteiger partial charge is 0.412 e. The van der Waals surface area contributed by atoms with E-state index >= 15 is 0 Å². The van der Waals surface area contributed by atoms with Gasteiger partial charge in [-0.25, -0.2) is 9.59 Å². The fourth-order valence-electron chi connectivity index (χ4n) is 2.84. The average molecular weight is 487 g/mol. The van der Waals surface area contributed by atoms with Crippen LogP contribution in [0, 0.1) is 5.92 Å². The number of carbonyl (C=O) groups is 4. The first-order chi connectivity index (χ1) is 16.5. The highest BCUT2D eigenvalue weighted by Crippen LogP contribution is 2.26. The van der Waals surface area contributed by atoms with Gasteiger partial charge in [-0.1, -0.05) is 26.0 Å². The third-order valence-corrected chi connectivity index (χ3v) is 5.05. The molecule has 2 atom stereocenters. The Hall–Kier alpha value is -4.12. The van der Waals surface area contributed by atoms with E-state index in [0.717, 1.165) is 0 Å². The van der Waals surface area contributed by atoms with E-state index in [1.54, 1.807) is 31.2 Å². The fraction of sp³-hybridized carbons (Fsp3) is 0.333. The third-order valence-electron chi connectivity index (χ3n) is 5.05. The number of benzene rings is 2. The van der Waals surface area contributed by atoms with Crippen LogP contribution in [0.25, 0.3) is 0 Å². The van der Waals surface area contributed by atoms with Crippen LogP contribution in [0.4, 0.5) is 16.2 Å². The van der Waals surface area contributed by atoms with Gasteiger partial charge in [0.2, 0.25) is 11.8 Å². The molecule has 11 heteroatoms. The molecule has 0 fully saturated rings. The van der Waals surface area contributed by atoms with Gasteiger partial charge in [-0.05, 0) is 48.7 Å². The molecule has 1 unspecified atom stereocenters. The van der Waals surface area contributed by atoms with E-state index in [-0.39, 0.29) is 29.5 Å². The maximum absolute atomic E-state index is 12.3. The van der Waals surface area contributed by atoms with E-state index in [4.69, 9.17) is 20.3 Å². The highest BCUT2D eigenvalue weighted by Gasteiger charge is 2.22. The zero-order valence-corrected chi connectivity index (χ0v) is 20.0. The molecule has 3 amide bonds. The van der Waals surface area contributed by atoms with Crippen molar-refractivity contribution in [3.63, 3.8) is 0 Å². The second-order valence-electron chi connectivity index (χ2n) is 8.11. The highest BCUT2D eigenvalue weighted by molar-refractivity contribution is 5.97. The number of hydrogen-bond donors (Lipinski definition) is 5. The summed E-state index contributed by atoms with van der Waals surface area (Å²) in [6.45, 7) is 5.15. The molecule has 0 bridgehead atoms. The highest BCUT2D eigenvalue weighted by atomic mass is 16.5. The predicted molar refractivity (Wildman–Crippen MR) is 129 cm³/mol. The second kappa shape index (κ2) is 12.4. The first-order valence-corrected chi connectivity index (χ1v) is 10.8. The Morgan fingerprint density at radius 1 is 0.971 bits per heavy atom. The molecular weight excluding hydrogens is 456 g/mol. The lowest BCUT2D eigenvalue weighted by Gasteiger charge is -2.19. The van der Waals surface area contributed by atoms with Crippen molar-refractivity contribution >= 4 is 35.3 Å². The number of methoxy groups -OCH3 is 1. The van der Waals surface area contributed by atoms with E-state index in [1.165, 1.54) is 25.3 Å². The number of carbonyl (C=O) groups excluding carboxylic acids is 3. The molecule has 2 rings (SSSR count). The standard InChI is InChI=1S/C24H30N4O7/c1-13(2)20(25)22(30)26-14(3)21(29)27-17-8-5-15(6-9-17)12-35-24(33)28-18-10-7-16(23(31)32)11-19(18)34-4/h5-11,13-14,20H,12,25H2,1-4H3,(H,26,30)(H,27,29)(H,28,33)(H,31,32)/t14-,20?/m0/s1. The number of carboxylic acid groups (broad SMARTS) is 1. The predicted octanol–water partition coefficient (Wildman–Crippen LogP) is 2.57. The third kappa shape index (κ3) is 8.00. The van der Waals surface area contributed by atoms with Gasteiger partial charge in [-0.15, -0.1) is 0 Å². The number of nitrogens with two attached hydrogens (primary N) is 1. The molecule has 0 spiro atoms. The van der Waals surface area contributed by atoms with Gasteiger partial charge < -0.3 is 30.9 Å². The largest absolute Gasteiger partial charge is 0.495 e. The maximum atomic E-state index is 12.3. The van der Waals surface area contributed by atoms with Gasteiger partial charge in [0.1, 0.15) is 18.4 Å². The van der Waals surface area contributed by atoms with Crippen molar-refractivity contribution in [3.05, 3.63) is 53.6 Å². The van der Waals surface area contributed by atoms with E-state index in [0.29, 0.717) is 11.3 Å². The first-order valence-electron chi connectivity index (χ1n) is 10.8. The minimum atomic E-state index is -1.12. The number of amides is 3. The molecule has 6 N–H and O–H groups in total. The van der Waals surface area contributed by atoms with Crippen LogP contribution >= 0.6 is 0 Å². The molecule has 0 heterocycles. The van der Waals surface area contributed by atoms with Gasteiger partial charge in [0, 0.05) is 5.69 Å². The van der Waals surface area contributed by atoms with E-state index in [9.17, 15) is 19.2 Å². The monoisotopic (exact) mass is 486 g/mol. The molecule has 2 aromatic carbocycles. The quantitative estimate of drug-likeness (QED) is 0.341. The van der Waals surface area contributed by atoms with Gasteiger partial charge in [0.15, 0.2) is 0 Å². The van der Waals surface area contributed by atoms with Gasteiger partial charge in [-0.3, -0.25) is 14.9 Å². The molecule has 0 aliphatic rings. The SMILES string of the molecule is COc1cc(C(=O)O)ccc1NC(=O)OCc1ccc(NC(=O)[C@H](C)NC(=O)C(N)C(C)C)cc1. The normalized spacial score (nSPS) is 12.3. The summed E-state index contributed by atoms with van der Waals surface area (Å²) in [5, 5.41) is 16.8.